The fraction of sp³-hybridized carbons (Fsp3) is 0.267. The number of nitro groups is 1. The minimum Gasteiger partial charge on any atom is -0.307 e. The number of aryl methyl sites for hydroxylation is 1. The molecule has 0 unspecified atom stereocenters. The van der Waals surface area contributed by atoms with E-state index in [-0.39, 0.29) is 10.6 Å². The highest BCUT2D eigenvalue weighted by Gasteiger charge is 2.13. The van der Waals surface area contributed by atoms with Crippen LogP contribution in [-0.2, 0) is 19.5 Å². The van der Waals surface area contributed by atoms with Gasteiger partial charge in [-0.05, 0) is 30.2 Å². The van der Waals surface area contributed by atoms with Crippen LogP contribution in [0, 0.1) is 10.1 Å². The maximum atomic E-state index is 11.1. The molecule has 110 valence electrons. The van der Waals surface area contributed by atoms with Crippen molar-refractivity contribution in [3.8, 4) is 0 Å². The number of hydrogen-bond donors (Lipinski definition) is 1. The number of rotatable bonds is 6. The van der Waals surface area contributed by atoms with Crippen molar-refractivity contribution in [2.75, 3.05) is 0 Å². The Morgan fingerprint density at radius 1 is 1.29 bits per heavy atom. The van der Waals surface area contributed by atoms with Crippen LogP contribution in [0.15, 0.2) is 41.0 Å². The molecule has 6 heteroatoms. The van der Waals surface area contributed by atoms with Crippen molar-refractivity contribution < 1.29 is 4.92 Å². The lowest BCUT2D eigenvalue weighted by atomic mass is 10.1. The Bertz CT molecular complexity index is 647. The topological polar surface area (TPSA) is 68.1 Å². The molecule has 0 saturated carbocycles. The second-order valence-corrected chi connectivity index (χ2v) is 5.51. The summed E-state index contributed by atoms with van der Waals surface area (Å²) in [4.78, 5) is 15.0. The van der Waals surface area contributed by atoms with Gasteiger partial charge in [0.2, 0.25) is 0 Å². The first-order chi connectivity index (χ1) is 10.1. The summed E-state index contributed by atoms with van der Waals surface area (Å²) in [5.41, 5.74) is 2.96. The molecular formula is C15H16BrN3O2. The van der Waals surface area contributed by atoms with E-state index in [2.05, 4.69) is 33.2 Å². The Kier molecular flexibility index (Phi) is 5.41. The van der Waals surface area contributed by atoms with E-state index in [4.69, 9.17) is 0 Å². The number of halogens is 1. The van der Waals surface area contributed by atoms with E-state index >= 15 is 0 Å². The maximum absolute atomic E-state index is 11.1. The average molecular weight is 350 g/mol. The molecule has 0 radical (unpaired) electrons. The molecule has 0 fully saturated rings. The molecule has 0 aliphatic rings. The molecule has 0 amide bonds. The van der Waals surface area contributed by atoms with Gasteiger partial charge in [-0.25, -0.2) is 0 Å². The predicted molar refractivity (Wildman–Crippen MR) is 85.0 cm³/mol. The number of nitrogens with zero attached hydrogens (tertiary/aromatic N) is 2. The SMILES string of the molecule is CCc1cccnc1CNCc1ccc(Br)cc1[N+](=O)[O-]. The van der Waals surface area contributed by atoms with Gasteiger partial charge in [0.15, 0.2) is 0 Å². The van der Waals surface area contributed by atoms with Crippen LogP contribution in [0.3, 0.4) is 0 Å². The molecule has 2 aromatic rings. The molecule has 0 bridgehead atoms. The second kappa shape index (κ2) is 7.28. The second-order valence-electron chi connectivity index (χ2n) is 4.60. The Labute approximate surface area is 131 Å². The number of benzene rings is 1. The highest BCUT2D eigenvalue weighted by molar-refractivity contribution is 9.10. The molecule has 2 rings (SSSR count). The summed E-state index contributed by atoms with van der Waals surface area (Å²) >= 11 is 3.25. The molecular weight excluding hydrogens is 334 g/mol. The van der Waals surface area contributed by atoms with Gasteiger partial charge in [0, 0.05) is 35.4 Å². The summed E-state index contributed by atoms with van der Waals surface area (Å²) < 4.78 is 0.705. The van der Waals surface area contributed by atoms with Crippen LogP contribution in [0.5, 0.6) is 0 Å². The number of hydrogen-bond acceptors (Lipinski definition) is 4. The molecule has 1 aromatic heterocycles. The summed E-state index contributed by atoms with van der Waals surface area (Å²) in [7, 11) is 0. The van der Waals surface area contributed by atoms with Crippen molar-refractivity contribution in [1.29, 1.82) is 0 Å². The quantitative estimate of drug-likeness (QED) is 0.638. The summed E-state index contributed by atoms with van der Waals surface area (Å²) in [6, 6.07) is 9.06. The third-order valence-corrected chi connectivity index (χ3v) is 3.71. The zero-order valence-corrected chi connectivity index (χ0v) is 13.3. The Hall–Kier alpha value is -1.79. The Morgan fingerprint density at radius 2 is 2.10 bits per heavy atom. The van der Waals surface area contributed by atoms with E-state index in [1.54, 1.807) is 12.3 Å². The van der Waals surface area contributed by atoms with Gasteiger partial charge in [-0.3, -0.25) is 15.1 Å². The first kappa shape index (κ1) is 15.6. The van der Waals surface area contributed by atoms with Crippen LogP contribution in [-0.4, -0.2) is 9.91 Å². The predicted octanol–water partition coefficient (Wildman–Crippen LogP) is 3.60. The Balaban J connectivity index is 2.05. The molecule has 0 aliphatic carbocycles. The van der Waals surface area contributed by atoms with E-state index < -0.39 is 0 Å². The zero-order chi connectivity index (χ0) is 15.2. The van der Waals surface area contributed by atoms with E-state index in [1.165, 1.54) is 11.6 Å². The maximum Gasteiger partial charge on any atom is 0.275 e. The van der Waals surface area contributed by atoms with E-state index in [9.17, 15) is 10.1 Å². The van der Waals surface area contributed by atoms with Gasteiger partial charge in [-0.15, -0.1) is 0 Å². The number of nitrogens with one attached hydrogen (secondary N) is 1. The van der Waals surface area contributed by atoms with Crippen molar-refractivity contribution in [2.24, 2.45) is 0 Å². The number of pyridine rings is 1. The Morgan fingerprint density at radius 3 is 2.81 bits per heavy atom. The first-order valence-corrected chi connectivity index (χ1v) is 7.47. The standard InChI is InChI=1S/C15H16BrN3O2/c1-2-11-4-3-7-18-14(11)10-17-9-12-5-6-13(16)8-15(12)19(20)21/h3-8,17H,2,9-10H2,1H3. The van der Waals surface area contributed by atoms with Gasteiger partial charge in [0.1, 0.15) is 0 Å². The van der Waals surface area contributed by atoms with Gasteiger partial charge in [0.25, 0.3) is 5.69 Å². The van der Waals surface area contributed by atoms with Crippen LogP contribution >= 0.6 is 15.9 Å². The molecule has 0 spiro atoms. The van der Waals surface area contributed by atoms with Crippen molar-refractivity contribution in [1.82, 2.24) is 10.3 Å². The lowest BCUT2D eigenvalue weighted by Gasteiger charge is -2.08. The zero-order valence-electron chi connectivity index (χ0n) is 11.7. The molecule has 1 aromatic carbocycles. The van der Waals surface area contributed by atoms with Crippen molar-refractivity contribution in [3.63, 3.8) is 0 Å². The lowest BCUT2D eigenvalue weighted by Crippen LogP contribution is -2.16. The molecule has 0 atom stereocenters. The van der Waals surface area contributed by atoms with Crippen LogP contribution in [0.2, 0.25) is 0 Å². The normalized spacial score (nSPS) is 10.6. The molecule has 1 N–H and O–H groups in total. The van der Waals surface area contributed by atoms with Crippen molar-refractivity contribution in [2.45, 2.75) is 26.4 Å². The highest BCUT2D eigenvalue weighted by Crippen LogP contribution is 2.23. The summed E-state index contributed by atoms with van der Waals surface area (Å²) in [6.07, 6.45) is 2.68. The largest absolute Gasteiger partial charge is 0.307 e. The minimum absolute atomic E-state index is 0.119. The summed E-state index contributed by atoms with van der Waals surface area (Å²) in [6.45, 7) is 3.11. The number of nitro benzene ring substituents is 1. The molecule has 0 aliphatic heterocycles. The highest BCUT2D eigenvalue weighted by atomic mass is 79.9. The lowest BCUT2D eigenvalue weighted by molar-refractivity contribution is -0.385. The third-order valence-electron chi connectivity index (χ3n) is 3.22. The van der Waals surface area contributed by atoms with E-state index in [0.717, 1.165) is 12.1 Å². The van der Waals surface area contributed by atoms with Crippen LogP contribution in [0.4, 0.5) is 5.69 Å². The van der Waals surface area contributed by atoms with Crippen LogP contribution < -0.4 is 5.32 Å². The van der Waals surface area contributed by atoms with Crippen LogP contribution in [0.25, 0.3) is 0 Å². The van der Waals surface area contributed by atoms with Crippen LogP contribution in [0.1, 0.15) is 23.7 Å². The van der Waals surface area contributed by atoms with E-state index in [0.29, 0.717) is 23.1 Å². The van der Waals surface area contributed by atoms with E-state index in [1.807, 2.05) is 18.2 Å². The molecule has 5 nitrogen and oxygen atoms in total. The van der Waals surface area contributed by atoms with Crippen molar-refractivity contribution in [3.05, 3.63) is 67.9 Å². The minimum atomic E-state index is -0.361. The van der Waals surface area contributed by atoms with Gasteiger partial charge in [-0.1, -0.05) is 28.9 Å². The fourth-order valence-corrected chi connectivity index (χ4v) is 2.47. The number of aromatic nitrogens is 1. The molecule has 0 saturated heterocycles. The smallest absolute Gasteiger partial charge is 0.275 e. The molecule has 21 heavy (non-hydrogen) atoms. The average Bonchev–Trinajstić information content (AvgIpc) is 2.49. The first-order valence-electron chi connectivity index (χ1n) is 6.68. The molecule has 1 heterocycles. The fourth-order valence-electron chi connectivity index (χ4n) is 2.12. The van der Waals surface area contributed by atoms with Gasteiger partial charge >= 0.3 is 0 Å². The van der Waals surface area contributed by atoms with Crippen molar-refractivity contribution >= 4 is 21.6 Å². The van der Waals surface area contributed by atoms with Gasteiger partial charge in [0.05, 0.1) is 10.6 Å². The summed E-state index contributed by atoms with van der Waals surface area (Å²) in [5.74, 6) is 0. The summed E-state index contributed by atoms with van der Waals surface area (Å²) in [5, 5.41) is 14.3. The third kappa shape index (κ3) is 4.09. The van der Waals surface area contributed by atoms with Gasteiger partial charge < -0.3 is 5.32 Å². The monoisotopic (exact) mass is 349 g/mol. The van der Waals surface area contributed by atoms with Gasteiger partial charge in [-0.2, -0.15) is 0 Å².